The summed E-state index contributed by atoms with van der Waals surface area (Å²) in [6, 6.07) is 5.55. The van der Waals surface area contributed by atoms with Gasteiger partial charge in [-0.25, -0.2) is 0 Å². The number of aliphatic hydroxyl groups excluding tert-OH is 1. The second kappa shape index (κ2) is 6.77. The Kier molecular flexibility index (Phi) is 5.65. The Labute approximate surface area is 110 Å². The van der Waals surface area contributed by atoms with Crippen molar-refractivity contribution in [3.63, 3.8) is 0 Å². The SMILES string of the molecule is CCCC(O)CNC(=O)c1cc(C)cc(Br)c1. The van der Waals surface area contributed by atoms with E-state index in [-0.39, 0.29) is 5.91 Å². The summed E-state index contributed by atoms with van der Waals surface area (Å²) in [5, 5.41) is 12.3. The fourth-order valence-corrected chi connectivity index (χ4v) is 2.22. The molecule has 4 heteroatoms. The second-order valence-corrected chi connectivity index (χ2v) is 5.09. The maximum Gasteiger partial charge on any atom is 0.251 e. The van der Waals surface area contributed by atoms with E-state index in [1.165, 1.54) is 0 Å². The number of rotatable bonds is 5. The zero-order valence-electron chi connectivity index (χ0n) is 10.2. The summed E-state index contributed by atoms with van der Waals surface area (Å²) < 4.78 is 0.886. The van der Waals surface area contributed by atoms with E-state index in [1.54, 1.807) is 6.07 Å². The van der Waals surface area contributed by atoms with Crippen LogP contribution in [0.1, 0.15) is 35.7 Å². The van der Waals surface area contributed by atoms with E-state index in [2.05, 4.69) is 21.2 Å². The molecule has 1 aromatic rings. The van der Waals surface area contributed by atoms with E-state index in [0.717, 1.165) is 16.5 Å². The number of carbonyl (C=O) groups excluding carboxylic acids is 1. The number of halogens is 1. The van der Waals surface area contributed by atoms with Crippen molar-refractivity contribution >= 4 is 21.8 Å². The first-order chi connectivity index (χ1) is 8.02. The van der Waals surface area contributed by atoms with Gasteiger partial charge in [-0.3, -0.25) is 4.79 Å². The molecule has 17 heavy (non-hydrogen) atoms. The van der Waals surface area contributed by atoms with Crippen molar-refractivity contribution in [3.05, 3.63) is 33.8 Å². The molecule has 3 nitrogen and oxygen atoms in total. The molecule has 2 N–H and O–H groups in total. The third kappa shape index (κ3) is 4.88. The minimum atomic E-state index is -0.461. The van der Waals surface area contributed by atoms with Crippen molar-refractivity contribution in [1.29, 1.82) is 0 Å². The van der Waals surface area contributed by atoms with Crippen LogP contribution < -0.4 is 5.32 Å². The molecule has 0 saturated carbocycles. The Balaban J connectivity index is 2.58. The summed E-state index contributed by atoms with van der Waals surface area (Å²) in [6.07, 6.45) is 1.15. The fraction of sp³-hybridized carbons (Fsp3) is 0.462. The molecule has 0 aliphatic rings. The molecule has 0 saturated heterocycles. The minimum absolute atomic E-state index is 0.149. The van der Waals surface area contributed by atoms with Crippen molar-refractivity contribution in [2.24, 2.45) is 0 Å². The average Bonchev–Trinajstić information content (AvgIpc) is 2.25. The van der Waals surface area contributed by atoms with E-state index in [0.29, 0.717) is 18.5 Å². The van der Waals surface area contributed by atoms with Crippen molar-refractivity contribution < 1.29 is 9.90 Å². The summed E-state index contributed by atoms with van der Waals surface area (Å²) in [5.41, 5.74) is 1.64. The second-order valence-electron chi connectivity index (χ2n) is 4.17. The molecule has 94 valence electrons. The standard InChI is InChI=1S/C13H18BrNO2/c1-3-4-12(16)8-15-13(17)10-5-9(2)6-11(14)7-10/h5-7,12,16H,3-4,8H2,1-2H3,(H,15,17). The zero-order chi connectivity index (χ0) is 12.8. The Morgan fingerprint density at radius 1 is 1.47 bits per heavy atom. The number of amides is 1. The van der Waals surface area contributed by atoms with Crippen LogP contribution in [0.25, 0.3) is 0 Å². The highest BCUT2D eigenvalue weighted by Crippen LogP contribution is 2.15. The lowest BCUT2D eigenvalue weighted by Gasteiger charge is -2.11. The number of aliphatic hydroxyl groups is 1. The maximum atomic E-state index is 11.8. The van der Waals surface area contributed by atoms with Gasteiger partial charge < -0.3 is 10.4 Å². The number of hydrogen-bond acceptors (Lipinski definition) is 2. The van der Waals surface area contributed by atoms with Crippen molar-refractivity contribution in [2.45, 2.75) is 32.8 Å². The van der Waals surface area contributed by atoms with Gasteiger partial charge in [0, 0.05) is 16.6 Å². The van der Waals surface area contributed by atoms with Crippen molar-refractivity contribution in [1.82, 2.24) is 5.32 Å². The van der Waals surface area contributed by atoms with E-state index in [9.17, 15) is 9.90 Å². The third-order valence-electron chi connectivity index (χ3n) is 2.42. The fourth-order valence-electron chi connectivity index (χ4n) is 1.62. The Morgan fingerprint density at radius 2 is 2.18 bits per heavy atom. The molecule has 0 aliphatic carbocycles. The number of benzene rings is 1. The molecule has 1 rings (SSSR count). The normalized spacial score (nSPS) is 12.2. The molecular weight excluding hydrogens is 282 g/mol. The Hall–Kier alpha value is -0.870. The third-order valence-corrected chi connectivity index (χ3v) is 2.88. The first-order valence-electron chi connectivity index (χ1n) is 5.76. The van der Waals surface area contributed by atoms with Crippen LogP contribution in [-0.4, -0.2) is 23.7 Å². The molecule has 0 aliphatic heterocycles. The molecule has 1 amide bonds. The van der Waals surface area contributed by atoms with E-state index in [4.69, 9.17) is 0 Å². The smallest absolute Gasteiger partial charge is 0.251 e. The molecule has 0 spiro atoms. The lowest BCUT2D eigenvalue weighted by atomic mass is 10.1. The highest BCUT2D eigenvalue weighted by molar-refractivity contribution is 9.10. The minimum Gasteiger partial charge on any atom is -0.391 e. The number of carbonyl (C=O) groups is 1. The lowest BCUT2D eigenvalue weighted by Crippen LogP contribution is -2.32. The lowest BCUT2D eigenvalue weighted by molar-refractivity contribution is 0.0910. The molecule has 1 aromatic carbocycles. The van der Waals surface area contributed by atoms with Gasteiger partial charge in [0.25, 0.3) is 5.91 Å². The summed E-state index contributed by atoms with van der Waals surface area (Å²) in [5.74, 6) is -0.149. The first-order valence-corrected chi connectivity index (χ1v) is 6.55. The summed E-state index contributed by atoms with van der Waals surface area (Å²) in [6.45, 7) is 4.24. The summed E-state index contributed by atoms with van der Waals surface area (Å²) in [7, 11) is 0. The highest BCUT2D eigenvalue weighted by Gasteiger charge is 2.09. The van der Waals surface area contributed by atoms with Crippen LogP contribution in [0.4, 0.5) is 0 Å². The van der Waals surface area contributed by atoms with Gasteiger partial charge >= 0.3 is 0 Å². The van der Waals surface area contributed by atoms with Crippen molar-refractivity contribution in [3.8, 4) is 0 Å². The molecule has 0 fully saturated rings. The predicted octanol–water partition coefficient (Wildman–Crippen LogP) is 2.65. The van der Waals surface area contributed by atoms with Crippen LogP contribution in [0.5, 0.6) is 0 Å². The molecule has 1 atom stereocenters. The quantitative estimate of drug-likeness (QED) is 0.878. The number of nitrogens with one attached hydrogen (secondary N) is 1. The molecule has 0 aromatic heterocycles. The van der Waals surface area contributed by atoms with Crippen LogP contribution in [-0.2, 0) is 0 Å². The van der Waals surface area contributed by atoms with Gasteiger partial charge in [0.05, 0.1) is 6.10 Å². The van der Waals surface area contributed by atoms with Crippen LogP contribution in [0.3, 0.4) is 0 Å². The van der Waals surface area contributed by atoms with Gasteiger partial charge in [-0.1, -0.05) is 29.3 Å². The van der Waals surface area contributed by atoms with E-state index >= 15 is 0 Å². The van der Waals surface area contributed by atoms with E-state index < -0.39 is 6.10 Å². The monoisotopic (exact) mass is 299 g/mol. The zero-order valence-corrected chi connectivity index (χ0v) is 11.8. The molecule has 0 heterocycles. The molecule has 0 bridgehead atoms. The van der Waals surface area contributed by atoms with Gasteiger partial charge in [-0.15, -0.1) is 0 Å². The largest absolute Gasteiger partial charge is 0.391 e. The number of aryl methyl sites for hydroxylation is 1. The van der Waals surface area contributed by atoms with Crippen LogP contribution >= 0.6 is 15.9 Å². The average molecular weight is 300 g/mol. The van der Waals surface area contributed by atoms with Gasteiger partial charge in [0.1, 0.15) is 0 Å². The van der Waals surface area contributed by atoms with Crippen molar-refractivity contribution in [2.75, 3.05) is 6.54 Å². The summed E-state index contributed by atoms with van der Waals surface area (Å²) >= 11 is 3.36. The molecule has 1 unspecified atom stereocenters. The maximum absolute atomic E-state index is 11.8. The first kappa shape index (κ1) is 14.2. The van der Waals surface area contributed by atoms with Crippen LogP contribution in [0.2, 0.25) is 0 Å². The topological polar surface area (TPSA) is 49.3 Å². The predicted molar refractivity (Wildman–Crippen MR) is 72.1 cm³/mol. The van der Waals surface area contributed by atoms with Gasteiger partial charge in [-0.2, -0.15) is 0 Å². The van der Waals surface area contributed by atoms with Gasteiger partial charge in [-0.05, 0) is 37.1 Å². The Morgan fingerprint density at radius 3 is 2.76 bits per heavy atom. The van der Waals surface area contributed by atoms with Crippen LogP contribution in [0, 0.1) is 6.92 Å². The van der Waals surface area contributed by atoms with Gasteiger partial charge in [0.15, 0.2) is 0 Å². The van der Waals surface area contributed by atoms with Crippen LogP contribution in [0.15, 0.2) is 22.7 Å². The highest BCUT2D eigenvalue weighted by atomic mass is 79.9. The van der Waals surface area contributed by atoms with Gasteiger partial charge in [0.2, 0.25) is 0 Å². The Bertz CT molecular complexity index is 373. The summed E-state index contributed by atoms with van der Waals surface area (Å²) in [4.78, 5) is 11.8. The van der Waals surface area contributed by atoms with E-state index in [1.807, 2.05) is 26.0 Å². The molecule has 0 radical (unpaired) electrons. The molecular formula is C13H18BrNO2. The number of hydrogen-bond donors (Lipinski definition) is 2.